The minimum Gasteiger partial charge on any atom is -0.304 e. The molecule has 1 unspecified atom stereocenters. The van der Waals surface area contributed by atoms with Crippen LogP contribution in [0.3, 0.4) is 0 Å². The lowest BCUT2D eigenvalue weighted by molar-refractivity contribution is 0.271. The summed E-state index contributed by atoms with van der Waals surface area (Å²) in [6, 6.07) is 0.672. The first-order valence-corrected chi connectivity index (χ1v) is 4.80. The molecule has 0 N–H and O–H groups in total. The molecule has 0 radical (unpaired) electrons. The molecule has 0 aliphatic rings. The highest BCUT2D eigenvalue weighted by Crippen LogP contribution is 2.05. The van der Waals surface area contributed by atoms with Crippen LogP contribution in [0.1, 0.15) is 27.2 Å². The maximum Gasteiger partial charge on any atom is 0.0129 e. The molecule has 1 atom stereocenters. The van der Waals surface area contributed by atoms with Crippen LogP contribution in [0, 0.1) is 0 Å². The fourth-order valence-corrected chi connectivity index (χ4v) is 0.844. The molecule has 2 heteroatoms. The number of rotatable bonds is 4. The first kappa shape index (κ1) is 10.4. The third-order valence-electron chi connectivity index (χ3n) is 1.76. The van der Waals surface area contributed by atoms with Crippen molar-refractivity contribution in [1.82, 2.24) is 4.90 Å². The van der Waals surface area contributed by atoms with Gasteiger partial charge in [0.15, 0.2) is 0 Å². The van der Waals surface area contributed by atoms with Gasteiger partial charge in [-0.05, 0) is 33.9 Å². The number of hydrogen-bond donors (Lipinski definition) is 0. The van der Waals surface area contributed by atoms with E-state index in [9.17, 15) is 0 Å². The number of nitrogens with zero attached hydrogens (tertiary/aromatic N) is 1. The van der Waals surface area contributed by atoms with Gasteiger partial charge < -0.3 is 4.90 Å². The van der Waals surface area contributed by atoms with Crippen molar-refractivity contribution in [3.05, 3.63) is 0 Å². The van der Waals surface area contributed by atoms with Crippen LogP contribution in [0.25, 0.3) is 0 Å². The maximum absolute atomic E-state index is 3.53. The van der Waals surface area contributed by atoms with Crippen molar-refractivity contribution < 1.29 is 0 Å². The Morgan fingerprint density at radius 2 is 1.80 bits per heavy atom. The molecule has 0 amide bonds. The molecule has 0 aliphatic carbocycles. The molecule has 0 heterocycles. The van der Waals surface area contributed by atoms with Crippen LogP contribution in [0.2, 0.25) is 0 Å². The molecule has 0 rings (SSSR count). The Bertz CT molecular complexity index is 81.3. The summed E-state index contributed by atoms with van der Waals surface area (Å²) in [5, 5.41) is 0. The summed E-state index contributed by atoms with van der Waals surface area (Å²) in [6.07, 6.45) is 1.23. The highest BCUT2D eigenvalue weighted by Gasteiger charge is 2.03. The van der Waals surface area contributed by atoms with Crippen LogP contribution in [0.15, 0.2) is 0 Å². The monoisotopic (exact) mass is 207 g/mol. The van der Waals surface area contributed by atoms with E-state index in [1.807, 2.05) is 0 Å². The van der Waals surface area contributed by atoms with Crippen LogP contribution in [0.4, 0.5) is 0 Å². The Labute approximate surface area is 72.9 Å². The molecular formula is C8H18BrN. The highest BCUT2D eigenvalue weighted by atomic mass is 79.9. The summed E-state index contributed by atoms with van der Waals surface area (Å²) in [7, 11) is 2.17. The first-order valence-electron chi connectivity index (χ1n) is 3.88. The topological polar surface area (TPSA) is 3.24 Å². The second-order valence-electron chi connectivity index (χ2n) is 3.14. The van der Waals surface area contributed by atoms with E-state index in [0.717, 1.165) is 0 Å². The molecule has 62 valence electrons. The second kappa shape index (κ2) is 5.14. The van der Waals surface area contributed by atoms with E-state index in [1.165, 1.54) is 13.0 Å². The summed E-state index contributed by atoms with van der Waals surface area (Å²) in [6.45, 7) is 7.82. The smallest absolute Gasteiger partial charge is 0.0129 e. The Hall–Kier alpha value is 0.440. The molecule has 0 spiro atoms. The minimum absolute atomic E-state index is 0.647. The van der Waals surface area contributed by atoms with E-state index in [-0.39, 0.29) is 0 Å². The molecule has 0 aromatic carbocycles. The third kappa shape index (κ3) is 5.24. The summed E-state index contributed by atoms with van der Waals surface area (Å²) in [5.74, 6) is 0. The SMILES string of the molecule is CC(Br)CCN(C)C(C)C. The zero-order valence-electron chi connectivity index (χ0n) is 7.39. The molecule has 0 fully saturated rings. The van der Waals surface area contributed by atoms with Gasteiger partial charge >= 0.3 is 0 Å². The molecule has 0 aliphatic heterocycles. The fraction of sp³-hybridized carbons (Fsp3) is 1.00. The first-order chi connectivity index (χ1) is 4.54. The highest BCUT2D eigenvalue weighted by molar-refractivity contribution is 9.09. The average Bonchev–Trinajstić information content (AvgIpc) is 1.82. The van der Waals surface area contributed by atoms with Crippen molar-refractivity contribution in [2.75, 3.05) is 13.6 Å². The minimum atomic E-state index is 0.647. The molecule has 0 saturated heterocycles. The molecule has 0 saturated carbocycles. The average molecular weight is 208 g/mol. The molecule has 0 bridgehead atoms. The molecule has 0 aromatic rings. The standard InChI is InChI=1S/C8H18BrN/c1-7(2)10(4)6-5-8(3)9/h7-8H,5-6H2,1-4H3. The van der Waals surface area contributed by atoms with E-state index in [2.05, 4.69) is 48.6 Å². The molecule has 0 aromatic heterocycles. The lowest BCUT2D eigenvalue weighted by atomic mass is 10.3. The summed E-state index contributed by atoms with van der Waals surface area (Å²) in [4.78, 5) is 3.01. The van der Waals surface area contributed by atoms with Crippen LogP contribution in [0.5, 0.6) is 0 Å². The normalized spacial score (nSPS) is 14.7. The lowest BCUT2D eigenvalue weighted by Crippen LogP contribution is -2.28. The molecular weight excluding hydrogens is 190 g/mol. The van der Waals surface area contributed by atoms with Gasteiger partial charge in [-0.3, -0.25) is 0 Å². The second-order valence-corrected chi connectivity index (χ2v) is 4.71. The Balaban J connectivity index is 3.30. The van der Waals surface area contributed by atoms with Crippen LogP contribution < -0.4 is 0 Å². The maximum atomic E-state index is 3.53. The summed E-state index contributed by atoms with van der Waals surface area (Å²) in [5.41, 5.74) is 0. The van der Waals surface area contributed by atoms with Crippen LogP contribution in [-0.4, -0.2) is 29.4 Å². The van der Waals surface area contributed by atoms with Gasteiger partial charge in [-0.1, -0.05) is 22.9 Å². The number of alkyl halides is 1. The quantitative estimate of drug-likeness (QED) is 0.641. The van der Waals surface area contributed by atoms with E-state index < -0.39 is 0 Å². The summed E-state index contributed by atoms with van der Waals surface area (Å²) >= 11 is 3.53. The Morgan fingerprint density at radius 3 is 2.10 bits per heavy atom. The lowest BCUT2D eigenvalue weighted by Gasteiger charge is -2.21. The Kier molecular flexibility index (Phi) is 5.36. The van der Waals surface area contributed by atoms with Crippen LogP contribution >= 0.6 is 15.9 Å². The van der Waals surface area contributed by atoms with Crippen molar-refractivity contribution in [2.45, 2.75) is 38.1 Å². The van der Waals surface area contributed by atoms with E-state index in [4.69, 9.17) is 0 Å². The van der Waals surface area contributed by atoms with Gasteiger partial charge in [0, 0.05) is 10.9 Å². The Morgan fingerprint density at radius 1 is 1.30 bits per heavy atom. The van der Waals surface area contributed by atoms with E-state index >= 15 is 0 Å². The van der Waals surface area contributed by atoms with Crippen molar-refractivity contribution in [1.29, 1.82) is 0 Å². The molecule has 10 heavy (non-hydrogen) atoms. The number of halogens is 1. The van der Waals surface area contributed by atoms with Crippen molar-refractivity contribution in [3.63, 3.8) is 0 Å². The van der Waals surface area contributed by atoms with Gasteiger partial charge in [0.25, 0.3) is 0 Å². The molecule has 1 nitrogen and oxygen atoms in total. The fourth-order valence-electron chi connectivity index (χ4n) is 0.640. The van der Waals surface area contributed by atoms with Crippen LogP contribution in [-0.2, 0) is 0 Å². The van der Waals surface area contributed by atoms with Gasteiger partial charge in [0.2, 0.25) is 0 Å². The number of hydrogen-bond acceptors (Lipinski definition) is 1. The van der Waals surface area contributed by atoms with E-state index in [1.54, 1.807) is 0 Å². The zero-order valence-corrected chi connectivity index (χ0v) is 8.98. The van der Waals surface area contributed by atoms with Gasteiger partial charge in [-0.25, -0.2) is 0 Å². The van der Waals surface area contributed by atoms with Gasteiger partial charge in [-0.2, -0.15) is 0 Å². The predicted molar refractivity (Wildman–Crippen MR) is 50.8 cm³/mol. The van der Waals surface area contributed by atoms with Crippen molar-refractivity contribution in [3.8, 4) is 0 Å². The van der Waals surface area contributed by atoms with Gasteiger partial charge in [-0.15, -0.1) is 0 Å². The largest absolute Gasteiger partial charge is 0.304 e. The van der Waals surface area contributed by atoms with Gasteiger partial charge in [0.1, 0.15) is 0 Å². The predicted octanol–water partition coefficient (Wildman–Crippen LogP) is 2.50. The van der Waals surface area contributed by atoms with Crippen molar-refractivity contribution in [2.24, 2.45) is 0 Å². The third-order valence-corrected chi connectivity index (χ3v) is 2.22. The van der Waals surface area contributed by atoms with Crippen molar-refractivity contribution >= 4 is 15.9 Å². The zero-order chi connectivity index (χ0) is 8.15. The van der Waals surface area contributed by atoms with Gasteiger partial charge in [0.05, 0.1) is 0 Å². The summed E-state index contributed by atoms with van der Waals surface area (Å²) < 4.78 is 0. The van der Waals surface area contributed by atoms with E-state index in [0.29, 0.717) is 10.9 Å².